The summed E-state index contributed by atoms with van der Waals surface area (Å²) in [6.45, 7) is -2.36. The van der Waals surface area contributed by atoms with Gasteiger partial charge in [0.2, 0.25) is 41.2 Å². The van der Waals surface area contributed by atoms with Crippen molar-refractivity contribution < 1.29 is 98.1 Å². The Labute approximate surface area is 523 Å². The van der Waals surface area contributed by atoms with Gasteiger partial charge in [0.25, 0.3) is 0 Å². The highest BCUT2D eigenvalue weighted by Gasteiger charge is 2.42. The lowest BCUT2D eigenvalue weighted by molar-refractivity contribution is -0.149. The number of amides is 6. The first-order chi connectivity index (χ1) is 43.5. The van der Waals surface area contributed by atoms with Gasteiger partial charge in [-0.25, -0.2) is 4.79 Å². The second-order valence-corrected chi connectivity index (χ2v) is 22.0. The predicted molar refractivity (Wildman–Crippen MR) is 316 cm³/mol. The van der Waals surface area contributed by atoms with Gasteiger partial charge in [-0.15, -0.1) is 0 Å². The molecule has 0 aromatic heterocycles. The summed E-state index contributed by atoms with van der Waals surface area (Å²) in [7, 11) is 0. The van der Waals surface area contributed by atoms with Crippen molar-refractivity contribution in [2.24, 2.45) is 5.73 Å². The van der Waals surface area contributed by atoms with Gasteiger partial charge in [-0.05, 0) is 112 Å². The molecule has 0 spiro atoms. The number of halogens is 2. The van der Waals surface area contributed by atoms with Gasteiger partial charge in [0.15, 0.2) is 29.0 Å². The van der Waals surface area contributed by atoms with E-state index in [1.165, 1.54) is 66.7 Å². The molecule has 470 valence electrons. The smallest absolute Gasteiger partial charge is 0.333 e. The normalized spacial score (nSPS) is 21.3. The van der Waals surface area contributed by atoms with Crippen LogP contribution >= 0.6 is 23.2 Å². The molecule has 6 amide bonds. The first-order valence-electron chi connectivity index (χ1n) is 27.7. The maximum atomic E-state index is 15.9. The third-order valence-corrected chi connectivity index (χ3v) is 15.7. The van der Waals surface area contributed by atoms with Crippen LogP contribution in [0.25, 0.3) is 11.1 Å². The number of benzene rings is 7. The molecule has 17 bridgehead atoms. The Kier molecular flexibility index (Phi) is 17.4. The van der Waals surface area contributed by atoms with Crippen LogP contribution in [0.1, 0.15) is 75.3 Å². The van der Waals surface area contributed by atoms with Gasteiger partial charge in [0, 0.05) is 35.2 Å². The van der Waals surface area contributed by atoms with Crippen molar-refractivity contribution in [3.8, 4) is 80.1 Å². The molecule has 0 saturated heterocycles. The molecule has 7 aromatic carbocycles. The summed E-state index contributed by atoms with van der Waals surface area (Å²) >= 11 is 13.9. The average Bonchev–Trinajstić information content (AvgIpc) is 0.866. The van der Waals surface area contributed by atoms with Crippen LogP contribution in [0.15, 0.2) is 115 Å². The Bertz CT molecular complexity index is 4150. The largest absolute Gasteiger partial charge is 0.508 e. The number of nitrogens with one attached hydrogen (secondary N) is 6. The van der Waals surface area contributed by atoms with Crippen molar-refractivity contribution in [2.45, 2.75) is 54.8 Å². The summed E-state index contributed by atoms with van der Waals surface area (Å²) in [4.78, 5) is 105. The summed E-state index contributed by atoms with van der Waals surface area (Å²) in [6, 6.07) is 8.87. The SMILES string of the molecule is N[C@@H]1C(=O)N[C@@H]2Cc3ccc(c(Cl)c3)Oc3cc4cc(c3OCCO)Oc3ccc(cc3Cl)[C@@H](O)[C@@H]3NC(=O)[C@H](NC(=O)[C@@H]4NC(=O)[C@@H](NC2=O)c2cc(O)cc(c2)Oc2cc1ccc2O)c1ccc(O)c(c1)-c1c(O)cc(O)cc1[C@@H](C(=O)OCCO)NC3=O. The Morgan fingerprint density at radius 3 is 1.80 bits per heavy atom. The molecule has 6 aliphatic heterocycles. The zero-order valence-electron chi connectivity index (χ0n) is 46.9. The predicted octanol–water partition coefficient (Wildman–Crippen LogP) is 4.10. The number of hydrogen-bond acceptors (Lipinski definition) is 21. The molecule has 6 heterocycles. The van der Waals surface area contributed by atoms with E-state index in [0.717, 1.165) is 48.5 Å². The molecule has 6 aliphatic rings. The number of ether oxygens (including phenoxy) is 5. The first-order valence-corrected chi connectivity index (χ1v) is 28.4. The number of phenols is 5. The molecule has 0 aliphatic carbocycles. The molecule has 13 rings (SSSR count). The lowest BCUT2D eigenvalue weighted by Crippen LogP contribution is -2.55. The van der Waals surface area contributed by atoms with Gasteiger partial charge in [0.05, 0.1) is 23.3 Å². The third-order valence-electron chi connectivity index (χ3n) is 15.1. The highest BCUT2D eigenvalue weighted by molar-refractivity contribution is 6.32. The van der Waals surface area contributed by atoms with E-state index in [1.54, 1.807) is 0 Å². The zero-order valence-corrected chi connectivity index (χ0v) is 48.4. The van der Waals surface area contributed by atoms with Gasteiger partial charge < -0.3 is 102 Å². The molecule has 7 aromatic rings. The fourth-order valence-corrected chi connectivity index (χ4v) is 11.2. The maximum absolute atomic E-state index is 15.9. The summed E-state index contributed by atoms with van der Waals surface area (Å²) in [5.74, 6) is -13.4. The minimum absolute atomic E-state index is 0.104. The quantitative estimate of drug-likeness (QED) is 0.104. The minimum atomic E-state index is -2.19. The van der Waals surface area contributed by atoms with Crippen LogP contribution in [-0.2, 0) is 44.7 Å². The molecule has 0 fully saturated rings. The van der Waals surface area contributed by atoms with E-state index in [1.807, 2.05) is 0 Å². The monoisotopic (exact) mass is 1290 g/mol. The lowest BCUT2D eigenvalue weighted by Gasteiger charge is -2.31. The van der Waals surface area contributed by atoms with Crippen molar-refractivity contribution in [1.29, 1.82) is 0 Å². The number of aromatic hydroxyl groups is 5. The second-order valence-electron chi connectivity index (χ2n) is 21.2. The number of aliphatic hydroxyl groups is 3. The standard InChI is InChI=1S/C62H53Cl2N7O20/c63-36-13-25-1-7-42(36)90-45-20-30-21-46(55(45)87-11-9-72)91-43-8-4-28(18-37(43)64)54(79)53-61(85)70-52(62(86)88-12-10-73)35-23-32(75)24-41(78)47(35)34-17-27(3-5-39(34)76)49(58(82)71-53)68-60(84)51(30)69-59(83)50-29-15-31(74)22-33(16-29)89-44-19-26(2-6-40(44)77)48(65)57(81)66-38(14-25)56(80)67-50/h1-8,13,15-24,38,48-54,72-79H,9-12,14,65H2,(H,66,81)(H,67,80)(H,68,84)(H,69,83)(H,70,85)(H,71,82)/t38-,48+,49-,50+,51-,52+,53+,54-/m1/s1. The van der Waals surface area contributed by atoms with Crippen LogP contribution < -0.4 is 56.6 Å². The molecule has 27 nitrogen and oxygen atoms in total. The van der Waals surface area contributed by atoms with Crippen molar-refractivity contribution in [3.05, 3.63) is 164 Å². The van der Waals surface area contributed by atoms with E-state index in [9.17, 15) is 60.0 Å². The number of hydrogen-bond donors (Lipinski definition) is 15. The van der Waals surface area contributed by atoms with Crippen molar-refractivity contribution in [2.75, 3.05) is 26.4 Å². The van der Waals surface area contributed by atoms with E-state index in [0.29, 0.717) is 5.56 Å². The molecule has 0 saturated carbocycles. The van der Waals surface area contributed by atoms with E-state index < -0.39 is 156 Å². The fraction of sp³-hybridized carbons (Fsp3) is 0.210. The summed E-state index contributed by atoms with van der Waals surface area (Å²) < 4.78 is 30.3. The van der Waals surface area contributed by atoms with Gasteiger partial charge in [-0.3, -0.25) is 28.8 Å². The zero-order chi connectivity index (χ0) is 64.7. The fourth-order valence-electron chi connectivity index (χ4n) is 10.7. The number of fused-ring (bicyclic) bond motifs is 14. The maximum Gasteiger partial charge on any atom is 0.333 e. The van der Waals surface area contributed by atoms with Gasteiger partial charge in [0.1, 0.15) is 95.8 Å². The van der Waals surface area contributed by atoms with E-state index in [4.69, 9.17) is 52.6 Å². The topological polar surface area (TPSA) is 426 Å². The molecule has 29 heteroatoms. The molecule has 8 atom stereocenters. The molecule has 0 unspecified atom stereocenters. The number of carbonyl (C=O) groups excluding carboxylic acids is 7. The van der Waals surface area contributed by atoms with Crippen LogP contribution in [0.2, 0.25) is 10.0 Å². The molecule has 0 radical (unpaired) electrons. The summed E-state index contributed by atoms with van der Waals surface area (Å²) in [6.07, 6.45) is -2.48. The van der Waals surface area contributed by atoms with Crippen LogP contribution in [0.4, 0.5) is 0 Å². The molecular weight excluding hydrogens is 1230 g/mol. The van der Waals surface area contributed by atoms with Gasteiger partial charge >= 0.3 is 5.97 Å². The number of phenolic OH excluding ortho intramolecular Hbond substituents is 5. The third kappa shape index (κ3) is 12.7. The number of aliphatic hydroxyl groups excluding tert-OH is 3. The molecule has 16 N–H and O–H groups in total. The second kappa shape index (κ2) is 25.5. The number of carbonyl (C=O) groups is 7. The Morgan fingerprint density at radius 2 is 1.12 bits per heavy atom. The highest BCUT2D eigenvalue weighted by atomic mass is 35.5. The summed E-state index contributed by atoms with van der Waals surface area (Å²) in [5.41, 5.74) is 4.65. The average molecular weight is 1290 g/mol. The van der Waals surface area contributed by atoms with E-state index in [2.05, 4.69) is 31.9 Å². The molecular formula is C62H53Cl2N7O20. The van der Waals surface area contributed by atoms with E-state index in [-0.39, 0.29) is 90.1 Å². The number of rotatable bonds is 6. The van der Waals surface area contributed by atoms with Gasteiger partial charge in [-0.1, -0.05) is 47.5 Å². The Balaban J connectivity index is 1.16. The van der Waals surface area contributed by atoms with Crippen molar-refractivity contribution in [1.82, 2.24) is 31.9 Å². The number of nitrogens with two attached hydrogens (primary N) is 1. The Morgan fingerprint density at radius 1 is 0.527 bits per heavy atom. The van der Waals surface area contributed by atoms with Crippen molar-refractivity contribution in [3.63, 3.8) is 0 Å². The minimum Gasteiger partial charge on any atom is -0.508 e. The van der Waals surface area contributed by atoms with Crippen molar-refractivity contribution >= 4 is 64.6 Å². The lowest BCUT2D eigenvalue weighted by atomic mass is 9.89. The van der Waals surface area contributed by atoms with Crippen LogP contribution in [0.3, 0.4) is 0 Å². The van der Waals surface area contributed by atoms with E-state index >= 15 is 14.4 Å². The van der Waals surface area contributed by atoms with Gasteiger partial charge in [-0.2, -0.15) is 0 Å². The molecule has 91 heavy (non-hydrogen) atoms. The summed E-state index contributed by atoms with van der Waals surface area (Å²) in [5, 5.41) is 103. The van der Waals surface area contributed by atoms with Crippen LogP contribution in [-0.4, -0.2) is 121 Å². The van der Waals surface area contributed by atoms with Crippen LogP contribution in [0.5, 0.6) is 69.0 Å². The first kappa shape index (κ1) is 62.1. The van der Waals surface area contributed by atoms with Crippen LogP contribution in [0, 0.1) is 0 Å². The Hall–Kier alpha value is -10.6. The highest BCUT2D eigenvalue weighted by Crippen LogP contribution is 2.49. The number of esters is 1.